The molecule has 3 aromatic rings. The van der Waals surface area contributed by atoms with Crippen LogP contribution in [0.3, 0.4) is 0 Å². The van der Waals surface area contributed by atoms with E-state index < -0.39 is 0 Å². The van der Waals surface area contributed by atoms with E-state index in [9.17, 15) is 0 Å². The number of fused-ring (bicyclic) bond motifs is 3. The van der Waals surface area contributed by atoms with Gasteiger partial charge in [0, 0.05) is 0 Å². The van der Waals surface area contributed by atoms with Gasteiger partial charge in [0.2, 0.25) is 0 Å². The molecule has 202 valence electrons. The minimum absolute atomic E-state index is 0. The maximum absolute atomic E-state index is 3.53. The van der Waals surface area contributed by atoms with Crippen LogP contribution in [0.15, 0.2) is 48.5 Å². The van der Waals surface area contributed by atoms with E-state index in [2.05, 4.69) is 138 Å². The third-order valence-corrected chi connectivity index (χ3v) is 6.30. The summed E-state index contributed by atoms with van der Waals surface area (Å²) in [6, 6.07) is 21.7. The molecule has 4 rings (SSSR count). The van der Waals surface area contributed by atoms with Gasteiger partial charge in [-0.05, 0) is 17.4 Å². The number of benzene rings is 2. The van der Waals surface area contributed by atoms with E-state index >= 15 is 0 Å². The molecule has 0 atom stereocenters. The van der Waals surface area contributed by atoms with Crippen molar-refractivity contribution in [3.63, 3.8) is 0 Å². The first kappa shape index (κ1) is 36.1. The zero-order valence-electron chi connectivity index (χ0n) is 25.1. The summed E-state index contributed by atoms with van der Waals surface area (Å²) >= 11 is 1.27. The summed E-state index contributed by atoms with van der Waals surface area (Å²) in [5.41, 5.74) is 11.9. The molecular formula is C34H46Cl2Hf-2. The molecule has 0 bridgehead atoms. The van der Waals surface area contributed by atoms with E-state index in [0.29, 0.717) is 5.41 Å². The average molecular weight is 704 g/mol. The minimum Gasteiger partial charge on any atom is -1.00 e. The summed E-state index contributed by atoms with van der Waals surface area (Å²) in [5.74, 6) is 0. The molecule has 0 spiro atoms. The Kier molecular flexibility index (Phi) is 13.6. The monoisotopic (exact) mass is 704 g/mol. The van der Waals surface area contributed by atoms with E-state index in [0.717, 1.165) is 6.42 Å². The van der Waals surface area contributed by atoms with E-state index in [1.54, 1.807) is 3.26 Å². The van der Waals surface area contributed by atoms with Crippen LogP contribution in [0, 0.1) is 13.0 Å². The molecule has 0 fully saturated rings. The molecule has 1 aliphatic carbocycles. The molecule has 37 heavy (non-hydrogen) atoms. The molecule has 1 aliphatic rings. The van der Waals surface area contributed by atoms with E-state index in [-0.39, 0.29) is 35.6 Å². The number of hydrogen-bond acceptors (Lipinski definition) is 0. The minimum atomic E-state index is 0. The topological polar surface area (TPSA) is 0 Å². The van der Waals surface area contributed by atoms with Crippen LogP contribution in [0.4, 0.5) is 0 Å². The molecule has 3 aromatic carbocycles. The second-order valence-corrected chi connectivity index (χ2v) is 16.8. The van der Waals surface area contributed by atoms with Gasteiger partial charge in [-0.1, -0.05) is 109 Å². The number of hydrogen-bond donors (Lipinski definition) is 0. The largest absolute Gasteiger partial charge is 1.00 e. The van der Waals surface area contributed by atoms with Crippen LogP contribution in [0.2, 0.25) is 0 Å². The van der Waals surface area contributed by atoms with Crippen molar-refractivity contribution in [3.8, 4) is 11.1 Å². The summed E-state index contributed by atoms with van der Waals surface area (Å²) in [6.45, 7) is 26.8. The molecule has 0 amide bonds. The predicted molar refractivity (Wildman–Crippen MR) is 153 cm³/mol. The van der Waals surface area contributed by atoms with Gasteiger partial charge in [0.25, 0.3) is 0 Å². The van der Waals surface area contributed by atoms with Gasteiger partial charge in [0.15, 0.2) is 0 Å². The van der Waals surface area contributed by atoms with Gasteiger partial charge >= 0.3 is 41.0 Å². The van der Waals surface area contributed by atoms with Crippen molar-refractivity contribution in [2.24, 2.45) is 0 Å². The Hall–Kier alpha value is -0.890. The van der Waals surface area contributed by atoms with Gasteiger partial charge in [-0.3, -0.25) is 0 Å². The van der Waals surface area contributed by atoms with Gasteiger partial charge in [-0.25, -0.2) is 6.07 Å². The number of halogens is 2. The summed E-state index contributed by atoms with van der Waals surface area (Å²) in [5, 5.41) is 0. The molecule has 0 saturated heterocycles. The second-order valence-electron chi connectivity index (χ2n) is 13.3. The maximum atomic E-state index is 3.53. The van der Waals surface area contributed by atoms with Crippen molar-refractivity contribution >= 4 is 3.26 Å². The Balaban J connectivity index is 0.000000684. The summed E-state index contributed by atoms with van der Waals surface area (Å²) in [6.07, 6.45) is 1.03. The van der Waals surface area contributed by atoms with Crippen LogP contribution in [-0.2, 0) is 46.6 Å². The van der Waals surface area contributed by atoms with E-state index in [4.69, 9.17) is 0 Å². The second kappa shape index (κ2) is 14.0. The Bertz CT molecular complexity index is 1100. The molecule has 0 aliphatic heterocycles. The SMILES string of the molecule is CC(C)(C)c1c[c-]c2c(c1)-c1cc(C(C)(C)C)ccc1C2.C[C](C)=[Hf+2].Cc1cc(C(C)(C)C)c[cH-]1.[Cl-].[Cl-]. The van der Waals surface area contributed by atoms with Crippen molar-refractivity contribution in [1.82, 2.24) is 0 Å². The van der Waals surface area contributed by atoms with Crippen molar-refractivity contribution in [3.05, 3.63) is 88.0 Å². The van der Waals surface area contributed by atoms with Crippen LogP contribution in [0.5, 0.6) is 0 Å². The smallest absolute Gasteiger partial charge is 0.0635 e. The Morgan fingerprint density at radius 2 is 1.24 bits per heavy atom. The third-order valence-electron chi connectivity index (χ3n) is 6.30. The number of aryl methyl sites for hydroxylation is 1. The predicted octanol–water partition coefficient (Wildman–Crippen LogP) is 3.42. The fourth-order valence-corrected chi connectivity index (χ4v) is 4.01. The molecule has 3 heteroatoms. The zero-order valence-corrected chi connectivity index (χ0v) is 30.2. The maximum Gasteiger partial charge on any atom is -0.0635 e. The summed E-state index contributed by atoms with van der Waals surface area (Å²) < 4.78 is 1.56. The van der Waals surface area contributed by atoms with E-state index in [1.807, 2.05) is 0 Å². The first-order valence-corrected chi connectivity index (χ1v) is 14.6. The average Bonchev–Trinajstić information content (AvgIpc) is 3.29. The van der Waals surface area contributed by atoms with Crippen LogP contribution in [0.1, 0.15) is 110 Å². The molecule has 0 heterocycles. The first-order valence-electron chi connectivity index (χ1n) is 12.8. The molecule has 0 N–H and O–H groups in total. The Labute approximate surface area is 255 Å². The standard InChI is InChI=1S/C21H25.C10H15.C3H6.2ClH.Hf/c1-20(2,3)16-9-7-14-11-15-8-10-17(21(4,5)6)13-19(15)18(14)12-16;1-8-5-6-9(7-8)10(2,3)4;1-3-2;;;/h7,9-10,12-13H,11H2,1-6H3;5-7H,1-4H3;1-2H3;2*1H;/q2*-1;;;;+2/p-2. The fraction of sp³-hybridized carbons (Fsp3) is 0.471. The summed E-state index contributed by atoms with van der Waals surface area (Å²) in [7, 11) is 0. The van der Waals surface area contributed by atoms with Crippen molar-refractivity contribution in [1.29, 1.82) is 0 Å². The van der Waals surface area contributed by atoms with Crippen LogP contribution in [-0.4, -0.2) is 3.26 Å². The Morgan fingerprint density at radius 3 is 1.65 bits per heavy atom. The van der Waals surface area contributed by atoms with Gasteiger partial charge < -0.3 is 24.8 Å². The van der Waals surface area contributed by atoms with Gasteiger partial charge in [0.05, 0.1) is 0 Å². The molecule has 0 aromatic heterocycles. The van der Waals surface area contributed by atoms with E-state index in [1.165, 1.54) is 68.4 Å². The van der Waals surface area contributed by atoms with Crippen LogP contribution < -0.4 is 24.8 Å². The number of rotatable bonds is 0. The quantitative estimate of drug-likeness (QED) is 0.195. The van der Waals surface area contributed by atoms with Crippen LogP contribution >= 0.6 is 0 Å². The fourth-order valence-electron chi connectivity index (χ4n) is 4.01. The first-order chi connectivity index (χ1) is 15.9. The van der Waals surface area contributed by atoms with Crippen LogP contribution in [0.25, 0.3) is 11.1 Å². The van der Waals surface area contributed by atoms with Gasteiger partial charge in [-0.15, -0.1) is 5.56 Å². The molecule has 0 nitrogen and oxygen atoms in total. The van der Waals surface area contributed by atoms with Gasteiger partial charge in [0.1, 0.15) is 0 Å². The molecular weight excluding hydrogens is 658 g/mol. The summed E-state index contributed by atoms with van der Waals surface area (Å²) in [4.78, 5) is 0. The zero-order chi connectivity index (χ0) is 26.8. The molecule has 0 radical (unpaired) electrons. The normalized spacial score (nSPS) is 11.9. The van der Waals surface area contributed by atoms with Crippen molar-refractivity contribution < 1.29 is 48.7 Å². The third kappa shape index (κ3) is 10.7. The Morgan fingerprint density at radius 1 is 0.757 bits per heavy atom. The molecule has 0 unspecified atom stereocenters. The van der Waals surface area contributed by atoms with Crippen molar-refractivity contribution in [2.75, 3.05) is 0 Å². The van der Waals surface area contributed by atoms with Crippen molar-refractivity contribution in [2.45, 2.75) is 106 Å². The molecule has 0 saturated carbocycles. The van der Waals surface area contributed by atoms with Gasteiger partial charge in [-0.2, -0.15) is 52.6 Å².